The molecular weight excluding hydrogens is 244 g/mol. The van der Waals surface area contributed by atoms with Gasteiger partial charge in [-0.15, -0.1) is 0 Å². The number of carbonyl (C=O) groups is 2. The Bertz CT molecular complexity index is 443. The van der Waals surface area contributed by atoms with Gasteiger partial charge in [0.05, 0.1) is 6.10 Å². The van der Waals surface area contributed by atoms with E-state index in [9.17, 15) is 14.7 Å². The van der Waals surface area contributed by atoms with Crippen molar-refractivity contribution in [3.8, 4) is 0 Å². The number of hydrogen-bond donors (Lipinski definition) is 1. The van der Waals surface area contributed by atoms with Crippen molar-refractivity contribution in [3.63, 3.8) is 0 Å². The second kappa shape index (κ2) is 4.17. The molecular formula is C15H20O4. The van der Waals surface area contributed by atoms with E-state index in [4.69, 9.17) is 4.74 Å². The van der Waals surface area contributed by atoms with Crippen LogP contribution in [0, 0.1) is 23.2 Å². The Balaban J connectivity index is 2.00. The molecule has 1 aliphatic heterocycles. The van der Waals surface area contributed by atoms with E-state index in [1.54, 1.807) is 0 Å². The molecule has 0 radical (unpaired) electrons. The zero-order valence-corrected chi connectivity index (χ0v) is 11.2. The highest BCUT2D eigenvalue weighted by Gasteiger charge is 2.59. The van der Waals surface area contributed by atoms with Gasteiger partial charge in [-0.25, -0.2) is 4.79 Å². The molecule has 1 N–H and O–H groups in total. The first-order valence-electron chi connectivity index (χ1n) is 7.02. The molecule has 3 fully saturated rings. The van der Waals surface area contributed by atoms with Crippen molar-refractivity contribution in [2.24, 2.45) is 23.2 Å². The lowest BCUT2D eigenvalue weighted by atomic mass is 9.52. The van der Waals surface area contributed by atoms with Crippen molar-refractivity contribution < 1.29 is 19.4 Å². The number of aliphatic hydroxyl groups is 1. The van der Waals surface area contributed by atoms with Crippen LogP contribution in [0.15, 0.2) is 12.2 Å². The molecule has 0 aromatic rings. The molecule has 0 amide bonds. The van der Waals surface area contributed by atoms with Gasteiger partial charge in [0.15, 0.2) is 0 Å². The van der Waals surface area contributed by atoms with E-state index in [2.05, 4.69) is 6.58 Å². The minimum atomic E-state index is -0.415. The number of ether oxygens (including phenoxy) is 1. The lowest BCUT2D eigenvalue weighted by Crippen LogP contribution is -2.56. The van der Waals surface area contributed by atoms with Crippen LogP contribution in [0.4, 0.5) is 0 Å². The van der Waals surface area contributed by atoms with Crippen molar-refractivity contribution >= 4 is 12.3 Å². The van der Waals surface area contributed by atoms with Crippen LogP contribution in [0.2, 0.25) is 0 Å². The third-order valence-corrected chi connectivity index (χ3v) is 5.63. The van der Waals surface area contributed by atoms with Gasteiger partial charge < -0.3 is 14.6 Å². The van der Waals surface area contributed by atoms with Gasteiger partial charge >= 0.3 is 5.97 Å². The van der Waals surface area contributed by atoms with Crippen LogP contribution in [0.5, 0.6) is 0 Å². The van der Waals surface area contributed by atoms with Gasteiger partial charge in [-0.05, 0) is 25.7 Å². The quantitative estimate of drug-likeness (QED) is 0.442. The van der Waals surface area contributed by atoms with E-state index < -0.39 is 6.10 Å². The number of esters is 1. The van der Waals surface area contributed by atoms with Gasteiger partial charge in [0.2, 0.25) is 0 Å². The molecule has 2 saturated carbocycles. The van der Waals surface area contributed by atoms with E-state index >= 15 is 0 Å². The summed E-state index contributed by atoms with van der Waals surface area (Å²) < 4.78 is 5.48. The average molecular weight is 264 g/mol. The van der Waals surface area contributed by atoms with Crippen LogP contribution in [0.25, 0.3) is 0 Å². The highest BCUT2D eigenvalue weighted by molar-refractivity contribution is 5.91. The molecule has 0 aromatic carbocycles. The maximum Gasteiger partial charge on any atom is 0.334 e. The van der Waals surface area contributed by atoms with Crippen LogP contribution in [0.3, 0.4) is 0 Å². The smallest absolute Gasteiger partial charge is 0.334 e. The fourth-order valence-corrected chi connectivity index (χ4v) is 4.44. The summed E-state index contributed by atoms with van der Waals surface area (Å²) in [5.41, 5.74) is 0.215. The lowest BCUT2D eigenvalue weighted by molar-refractivity contribution is -0.169. The molecule has 4 heteroatoms. The minimum Gasteiger partial charge on any atom is -0.458 e. The minimum absolute atomic E-state index is 0.0262. The third kappa shape index (κ3) is 1.62. The first-order chi connectivity index (χ1) is 8.99. The number of rotatable bonds is 1. The Labute approximate surface area is 112 Å². The van der Waals surface area contributed by atoms with Crippen LogP contribution < -0.4 is 0 Å². The summed E-state index contributed by atoms with van der Waals surface area (Å²) in [4.78, 5) is 23.1. The SMILES string of the molecule is C=C1C(=O)O[C@H]2C1CC[C@]1(C)[C@@H]2[C@H](C=O)CC[C@H]1O. The second-order valence-corrected chi connectivity index (χ2v) is 6.47. The molecule has 3 rings (SSSR count). The fraction of sp³-hybridized carbons (Fsp3) is 0.733. The summed E-state index contributed by atoms with van der Waals surface area (Å²) in [6.07, 6.45) is 3.25. The molecule has 3 aliphatic rings. The molecule has 6 atom stereocenters. The van der Waals surface area contributed by atoms with Crippen LogP contribution in [0.1, 0.15) is 32.6 Å². The summed E-state index contributed by atoms with van der Waals surface area (Å²) in [6, 6.07) is 0. The Morgan fingerprint density at radius 2 is 2.16 bits per heavy atom. The zero-order chi connectivity index (χ0) is 13.8. The Morgan fingerprint density at radius 3 is 2.84 bits per heavy atom. The standard InChI is InChI=1S/C15H20O4/c1-8-10-5-6-15(2)11(17)4-3-9(7-16)12(15)13(10)19-14(8)18/h7,9-13,17H,1,3-6H2,2H3/t9-,10?,11+,12+,13-,15-/m0/s1. The highest BCUT2D eigenvalue weighted by Crippen LogP contribution is 2.57. The van der Waals surface area contributed by atoms with Gasteiger partial charge in [0.1, 0.15) is 12.4 Å². The predicted molar refractivity (Wildman–Crippen MR) is 68.1 cm³/mol. The van der Waals surface area contributed by atoms with Crippen LogP contribution in [-0.4, -0.2) is 29.6 Å². The third-order valence-electron chi connectivity index (χ3n) is 5.63. The van der Waals surface area contributed by atoms with E-state index in [-0.39, 0.29) is 35.2 Å². The first-order valence-corrected chi connectivity index (χ1v) is 7.02. The highest BCUT2D eigenvalue weighted by atomic mass is 16.6. The second-order valence-electron chi connectivity index (χ2n) is 6.47. The van der Waals surface area contributed by atoms with E-state index in [1.165, 1.54) is 0 Å². The molecule has 19 heavy (non-hydrogen) atoms. The fourth-order valence-electron chi connectivity index (χ4n) is 4.44. The lowest BCUT2D eigenvalue weighted by Gasteiger charge is -2.53. The van der Waals surface area contributed by atoms with Crippen molar-refractivity contribution in [1.29, 1.82) is 0 Å². The summed E-state index contributed by atoms with van der Waals surface area (Å²) in [5, 5.41) is 10.3. The molecule has 1 unspecified atom stereocenters. The summed E-state index contributed by atoms with van der Waals surface area (Å²) >= 11 is 0. The van der Waals surface area contributed by atoms with Crippen LogP contribution >= 0.6 is 0 Å². The topological polar surface area (TPSA) is 63.6 Å². The Kier molecular flexibility index (Phi) is 2.82. The van der Waals surface area contributed by atoms with E-state index in [0.29, 0.717) is 18.4 Å². The number of aliphatic hydroxyl groups excluding tert-OH is 1. The molecule has 1 saturated heterocycles. The monoisotopic (exact) mass is 264 g/mol. The molecule has 1 heterocycles. The molecule has 0 spiro atoms. The molecule has 0 aromatic heterocycles. The molecule has 2 aliphatic carbocycles. The molecule has 104 valence electrons. The number of carbonyl (C=O) groups excluding carboxylic acids is 2. The van der Waals surface area contributed by atoms with E-state index in [0.717, 1.165) is 19.1 Å². The summed E-state index contributed by atoms with van der Waals surface area (Å²) in [6.45, 7) is 5.86. The predicted octanol–water partition coefficient (Wildman–Crippen LogP) is 1.47. The molecule has 4 nitrogen and oxygen atoms in total. The van der Waals surface area contributed by atoms with Crippen LogP contribution in [-0.2, 0) is 14.3 Å². The maximum atomic E-state index is 11.7. The van der Waals surface area contributed by atoms with Gasteiger partial charge in [-0.1, -0.05) is 13.5 Å². The normalized spacial score (nSPS) is 49.3. The van der Waals surface area contributed by atoms with Gasteiger partial charge in [-0.3, -0.25) is 0 Å². The maximum absolute atomic E-state index is 11.7. The number of hydrogen-bond acceptors (Lipinski definition) is 4. The van der Waals surface area contributed by atoms with Crippen molar-refractivity contribution in [1.82, 2.24) is 0 Å². The average Bonchev–Trinajstić information content (AvgIpc) is 2.67. The van der Waals surface area contributed by atoms with Gasteiger partial charge in [0.25, 0.3) is 0 Å². The number of aldehydes is 1. The summed E-state index contributed by atoms with van der Waals surface area (Å²) in [7, 11) is 0. The largest absolute Gasteiger partial charge is 0.458 e. The summed E-state index contributed by atoms with van der Waals surface area (Å²) in [5.74, 6) is -0.502. The Hall–Kier alpha value is -1.16. The van der Waals surface area contributed by atoms with Crippen molar-refractivity contribution in [2.45, 2.75) is 44.8 Å². The zero-order valence-electron chi connectivity index (χ0n) is 11.2. The number of fused-ring (bicyclic) bond motifs is 3. The van der Waals surface area contributed by atoms with Crippen molar-refractivity contribution in [2.75, 3.05) is 0 Å². The Morgan fingerprint density at radius 1 is 1.42 bits per heavy atom. The van der Waals surface area contributed by atoms with Crippen molar-refractivity contribution in [3.05, 3.63) is 12.2 Å². The molecule has 0 bridgehead atoms. The van der Waals surface area contributed by atoms with Gasteiger partial charge in [0, 0.05) is 28.7 Å². The van der Waals surface area contributed by atoms with Gasteiger partial charge in [-0.2, -0.15) is 0 Å². The van der Waals surface area contributed by atoms with E-state index in [1.807, 2.05) is 6.92 Å². The first kappa shape index (κ1) is 12.9.